The molecular weight excluding hydrogens is 551 g/mol. The van der Waals surface area contributed by atoms with Crippen molar-refractivity contribution >= 4 is 10.9 Å². The topological polar surface area (TPSA) is 12.9 Å². The minimum atomic E-state index is -2.92. The molecule has 4 aromatic rings. The fourth-order valence-electron chi connectivity index (χ4n) is 3.37. The molecule has 0 amide bonds. The zero-order valence-electron chi connectivity index (χ0n) is 16.6. The summed E-state index contributed by atoms with van der Waals surface area (Å²) in [4.78, 5) is 2.77. The molecule has 0 bridgehead atoms. The summed E-state index contributed by atoms with van der Waals surface area (Å²) in [5.41, 5.74) is -11.6. The van der Waals surface area contributed by atoms with Crippen LogP contribution in [-0.4, -0.2) is 4.98 Å². The Hall–Kier alpha value is -3.98. The minimum Gasteiger partial charge on any atom is -0.243 e. The van der Waals surface area contributed by atoms with Gasteiger partial charge >= 0.3 is 0 Å². The van der Waals surface area contributed by atoms with Crippen LogP contribution in [0.5, 0.6) is 0 Å². The predicted octanol–water partition coefficient (Wildman–Crippen LogP) is 7.66. The first-order chi connectivity index (χ1) is 17.1. The average molecular weight is 551 g/mol. The van der Waals surface area contributed by atoms with Gasteiger partial charge in [-0.15, -0.1) is 0 Å². The number of fused-ring (bicyclic) bond motifs is 1. The van der Waals surface area contributed by atoms with Crippen LogP contribution in [0.15, 0.2) is 0 Å². The number of rotatable bonds is 2. The first-order valence-electron chi connectivity index (χ1n) is 9.03. The molecule has 0 aliphatic carbocycles. The summed E-state index contributed by atoms with van der Waals surface area (Å²) in [6.07, 6.45) is 0. The molecular formula is C21F15N. The van der Waals surface area contributed by atoms with Crippen molar-refractivity contribution in [3.63, 3.8) is 0 Å². The molecule has 194 valence electrons. The van der Waals surface area contributed by atoms with Gasteiger partial charge in [-0.2, -0.15) is 0 Å². The lowest BCUT2D eigenvalue weighted by Gasteiger charge is -2.17. The Kier molecular flexibility index (Phi) is 6.03. The van der Waals surface area contributed by atoms with Crippen LogP contribution in [0.1, 0.15) is 0 Å². The van der Waals surface area contributed by atoms with Crippen LogP contribution in [0.3, 0.4) is 0 Å². The van der Waals surface area contributed by atoms with Crippen LogP contribution in [0.25, 0.3) is 33.3 Å². The van der Waals surface area contributed by atoms with Crippen molar-refractivity contribution < 1.29 is 65.9 Å². The van der Waals surface area contributed by atoms with Crippen LogP contribution in [-0.2, 0) is 0 Å². The number of aromatic nitrogens is 1. The zero-order chi connectivity index (χ0) is 27.8. The van der Waals surface area contributed by atoms with E-state index in [9.17, 15) is 61.5 Å². The molecule has 1 aromatic heterocycles. The Labute approximate surface area is 192 Å². The van der Waals surface area contributed by atoms with E-state index in [1.807, 2.05) is 0 Å². The van der Waals surface area contributed by atoms with E-state index in [2.05, 4.69) is 4.98 Å². The van der Waals surface area contributed by atoms with Gasteiger partial charge in [0, 0.05) is 0 Å². The van der Waals surface area contributed by atoms with E-state index in [0.717, 1.165) is 0 Å². The third kappa shape index (κ3) is 3.41. The number of hydrogen-bond acceptors (Lipinski definition) is 1. The van der Waals surface area contributed by atoms with Gasteiger partial charge in [-0.1, -0.05) is 0 Å². The Morgan fingerprint density at radius 1 is 0.270 bits per heavy atom. The van der Waals surface area contributed by atoms with Gasteiger partial charge in [0.05, 0.1) is 27.8 Å². The molecule has 0 spiro atoms. The van der Waals surface area contributed by atoms with E-state index in [0.29, 0.717) is 0 Å². The summed E-state index contributed by atoms with van der Waals surface area (Å²) in [7, 11) is 0. The molecule has 1 nitrogen and oxygen atoms in total. The molecule has 16 heteroatoms. The monoisotopic (exact) mass is 551 g/mol. The molecule has 0 N–H and O–H groups in total. The lowest BCUT2D eigenvalue weighted by molar-refractivity contribution is 0.379. The van der Waals surface area contributed by atoms with Crippen LogP contribution in [0, 0.1) is 87.3 Å². The maximum Gasteiger partial charge on any atom is 0.200 e. The van der Waals surface area contributed by atoms with Gasteiger partial charge < -0.3 is 0 Å². The second-order valence-electron chi connectivity index (χ2n) is 7.02. The molecule has 4 rings (SSSR count). The normalized spacial score (nSPS) is 11.6. The molecule has 0 saturated heterocycles. The Bertz CT molecular complexity index is 1620. The maximum atomic E-state index is 15.4. The fourth-order valence-corrected chi connectivity index (χ4v) is 3.37. The van der Waals surface area contributed by atoms with Crippen molar-refractivity contribution in [3.8, 4) is 22.4 Å². The number of pyridine rings is 1. The lowest BCUT2D eigenvalue weighted by Crippen LogP contribution is -2.12. The summed E-state index contributed by atoms with van der Waals surface area (Å²) >= 11 is 0. The van der Waals surface area contributed by atoms with Gasteiger partial charge in [-0.25, -0.2) is 70.8 Å². The van der Waals surface area contributed by atoms with Gasteiger partial charge in [-0.05, 0) is 0 Å². The largest absolute Gasteiger partial charge is 0.243 e. The van der Waals surface area contributed by atoms with Gasteiger partial charge in [0.1, 0.15) is 11.3 Å². The molecule has 0 atom stereocenters. The van der Waals surface area contributed by atoms with Crippen LogP contribution >= 0.6 is 0 Å². The summed E-state index contributed by atoms with van der Waals surface area (Å²) in [5, 5.41) is -2.18. The highest BCUT2D eigenvalue weighted by Gasteiger charge is 2.37. The summed E-state index contributed by atoms with van der Waals surface area (Å²) in [6, 6.07) is 0. The van der Waals surface area contributed by atoms with Crippen molar-refractivity contribution in [2.45, 2.75) is 0 Å². The van der Waals surface area contributed by atoms with Crippen molar-refractivity contribution in [2.24, 2.45) is 0 Å². The smallest absolute Gasteiger partial charge is 0.200 e. The molecule has 3 aromatic carbocycles. The van der Waals surface area contributed by atoms with Gasteiger partial charge in [0.2, 0.25) is 11.6 Å². The van der Waals surface area contributed by atoms with Crippen molar-refractivity contribution in [3.05, 3.63) is 87.3 Å². The molecule has 0 aliphatic heterocycles. The second-order valence-corrected chi connectivity index (χ2v) is 7.02. The first-order valence-corrected chi connectivity index (χ1v) is 9.03. The van der Waals surface area contributed by atoms with E-state index in [1.54, 1.807) is 0 Å². The van der Waals surface area contributed by atoms with Crippen molar-refractivity contribution in [1.82, 2.24) is 4.98 Å². The highest BCUT2D eigenvalue weighted by atomic mass is 19.2. The van der Waals surface area contributed by atoms with E-state index in [1.165, 1.54) is 0 Å². The molecule has 0 fully saturated rings. The van der Waals surface area contributed by atoms with Gasteiger partial charge in [-0.3, -0.25) is 0 Å². The highest BCUT2D eigenvalue weighted by Crippen LogP contribution is 2.44. The zero-order valence-corrected chi connectivity index (χ0v) is 16.6. The van der Waals surface area contributed by atoms with E-state index in [4.69, 9.17) is 0 Å². The quantitative estimate of drug-likeness (QED) is 0.142. The van der Waals surface area contributed by atoms with E-state index >= 15 is 4.39 Å². The lowest BCUT2D eigenvalue weighted by atomic mass is 9.94. The van der Waals surface area contributed by atoms with Crippen LogP contribution in [0.4, 0.5) is 65.9 Å². The average Bonchev–Trinajstić information content (AvgIpc) is 2.87. The minimum absolute atomic E-state index is 2.06. The van der Waals surface area contributed by atoms with E-state index < -0.39 is 121 Å². The Morgan fingerprint density at radius 2 is 0.595 bits per heavy atom. The van der Waals surface area contributed by atoms with Gasteiger partial charge in [0.15, 0.2) is 69.8 Å². The maximum absolute atomic E-state index is 15.4. The highest BCUT2D eigenvalue weighted by molar-refractivity contribution is 5.93. The van der Waals surface area contributed by atoms with Crippen molar-refractivity contribution in [2.75, 3.05) is 0 Å². The standard InChI is InChI=1S/C21F15N/c22-5-2(1-6(23)11(28)16(33)12(29)7(1)24)20(4-9(26)13(30)17(34)14(31)10(4)27)37-21-3(5)8(25)15(32)18(35)19(21)36. The SMILES string of the molecule is Fc1c(F)c(F)c(-c2nc3c(F)c(F)c(F)c(F)c3c(F)c2-c2c(F)c(F)c(F)c(F)c2F)c(F)c1F. The molecule has 1 heterocycles. The summed E-state index contributed by atoms with van der Waals surface area (Å²) in [6.45, 7) is 0. The van der Waals surface area contributed by atoms with Gasteiger partial charge in [0.25, 0.3) is 0 Å². The number of nitrogens with zero attached hydrogens (tertiary/aromatic N) is 1. The van der Waals surface area contributed by atoms with E-state index in [-0.39, 0.29) is 0 Å². The summed E-state index contributed by atoms with van der Waals surface area (Å²) < 4.78 is 212. The molecule has 0 radical (unpaired) electrons. The fraction of sp³-hybridized carbons (Fsp3) is 0. The molecule has 0 aliphatic rings. The molecule has 37 heavy (non-hydrogen) atoms. The Balaban J connectivity index is 2.40. The summed E-state index contributed by atoms with van der Waals surface area (Å²) in [5.74, 6) is -42.5. The number of hydrogen-bond donors (Lipinski definition) is 0. The first kappa shape index (κ1) is 26.1. The third-order valence-electron chi connectivity index (χ3n) is 5.05. The Morgan fingerprint density at radius 3 is 1.03 bits per heavy atom. The second kappa shape index (κ2) is 8.55. The van der Waals surface area contributed by atoms with Crippen LogP contribution in [0.2, 0.25) is 0 Å². The number of benzene rings is 3. The number of halogens is 15. The molecule has 0 unspecified atom stereocenters. The molecule has 0 saturated carbocycles. The van der Waals surface area contributed by atoms with Crippen LogP contribution < -0.4 is 0 Å². The third-order valence-corrected chi connectivity index (χ3v) is 5.05. The predicted molar refractivity (Wildman–Crippen MR) is 92.0 cm³/mol. The van der Waals surface area contributed by atoms with Crippen molar-refractivity contribution in [1.29, 1.82) is 0 Å².